The minimum Gasteiger partial charge on any atom is -0.197 e. The molecule has 3 aromatic rings. The summed E-state index contributed by atoms with van der Waals surface area (Å²) in [6, 6.07) is 33.8. The first-order valence-corrected chi connectivity index (χ1v) is 7.91. The first-order valence-electron chi connectivity index (χ1n) is 7.91. The molecule has 0 heterocycles. The van der Waals surface area contributed by atoms with Crippen molar-refractivity contribution in [3.8, 4) is 6.07 Å². The molecule has 3 aromatic carbocycles. The van der Waals surface area contributed by atoms with Gasteiger partial charge in [-0.15, -0.1) is 0 Å². The molecule has 0 bridgehead atoms. The van der Waals surface area contributed by atoms with E-state index in [1.54, 1.807) is 0 Å². The van der Waals surface area contributed by atoms with Gasteiger partial charge in [-0.3, -0.25) is 0 Å². The van der Waals surface area contributed by atoms with Gasteiger partial charge in [0.15, 0.2) is 0 Å². The van der Waals surface area contributed by atoms with Crippen LogP contribution in [0.4, 0.5) is 0 Å². The molecule has 1 nitrogen and oxygen atoms in total. The van der Waals surface area contributed by atoms with Crippen LogP contribution in [0.5, 0.6) is 0 Å². The molecule has 1 aliphatic rings. The third-order valence-corrected chi connectivity index (χ3v) is 5.12. The average molecular weight is 295 g/mol. The minimum absolute atomic E-state index is 0.258. The van der Waals surface area contributed by atoms with E-state index < -0.39 is 5.41 Å². The van der Waals surface area contributed by atoms with Crippen LogP contribution in [0.1, 0.15) is 23.1 Å². The van der Waals surface area contributed by atoms with Crippen molar-refractivity contribution in [1.82, 2.24) is 0 Å². The van der Waals surface area contributed by atoms with Gasteiger partial charge in [0, 0.05) is 5.41 Å². The molecular formula is C22H17N. The van der Waals surface area contributed by atoms with Gasteiger partial charge in [-0.1, -0.05) is 91.0 Å². The van der Waals surface area contributed by atoms with E-state index in [0.717, 1.165) is 12.0 Å². The van der Waals surface area contributed by atoms with E-state index in [0.29, 0.717) is 0 Å². The molecule has 4 rings (SSSR count). The van der Waals surface area contributed by atoms with Gasteiger partial charge in [-0.2, -0.15) is 5.26 Å². The van der Waals surface area contributed by atoms with Crippen LogP contribution in [0.3, 0.4) is 0 Å². The summed E-state index contributed by atoms with van der Waals surface area (Å²) in [6.07, 6.45) is 0.828. The molecular weight excluding hydrogens is 278 g/mol. The highest BCUT2D eigenvalue weighted by Crippen LogP contribution is 2.68. The maximum Gasteiger partial charge on any atom is 0.0972 e. The lowest BCUT2D eigenvalue weighted by Crippen LogP contribution is -2.22. The zero-order chi connectivity index (χ0) is 15.8. The average Bonchev–Trinajstić information content (AvgIpc) is 3.36. The van der Waals surface area contributed by atoms with Gasteiger partial charge in [-0.25, -0.2) is 0 Å². The number of nitriles is 1. The van der Waals surface area contributed by atoms with Crippen molar-refractivity contribution in [2.24, 2.45) is 0 Å². The highest BCUT2D eigenvalue weighted by atomic mass is 14.7. The number of nitrogens with zero attached hydrogens (tertiary/aromatic N) is 1. The molecule has 0 radical (unpaired) electrons. The second kappa shape index (κ2) is 5.11. The first kappa shape index (κ1) is 13.8. The third kappa shape index (κ3) is 1.85. The van der Waals surface area contributed by atoms with Crippen molar-refractivity contribution in [3.63, 3.8) is 0 Å². The summed E-state index contributed by atoms with van der Waals surface area (Å²) in [4.78, 5) is 0. The molecule has 0 amide bonds. The lowest BCUT2D eigenvalue weighted by Gasteiger charge is -2.23. The largest absolute Gasteiger partial charge is 0.197 e. The van der Waals surface area contributed by atoms with Crippen LogP contribution in [0.25, 0.3) is 0 Å². The summed E-state index contributed by atoms with van der Waals surface area (Å²) in [5.74, 6) is 0. The van der Waals surface area contributed by atoms with Crippen LogP contribution in [-0.2, 0) is 10.8 Å². The molecule has 1 aliphatic carbocycles. The molecule has 0 N–H and O–H groups in total. The fourth-order valence-electron chi connectivity index (χ4n) is 3.93. The second-order valence-corrected chi connectivity index (χ2v) is 6.20. The Bertz CT molecular complexity index is 807. The summed E-state index contributed by atoms with van der Waals surface area (Å²) in [7, 11) is 0. The van der Waals surface area contributed by atoms with Gasteiger partial charge in [0.05, 0.1) is 11.5 Å². The van der Waals surface area contributed by atoms with Gasteiger partial charge in [0.25, 0.3) is 0 Å². The third-order valence-electron chi connectivity index (χ3n) is 5.12. The van der Waals surface area contributed by atoms with Crippen LogP contribution in [0.2, 0.25) is 0 Å². The van der Waals surface area contributed by atoms with Crippen LogP contribution in [0, 0.1) is 11.3 Å². The Balaban J connectivity index is 1.96. The highest BCUT2D eigenvalue weighted by molar-refractivity contribution is 5.62. The van der Waals surface area contributed by atoms with Crippen LogP contribution >= 0.6 is 0 Å². The van der Waals surface area contributed by atoms with E-state index in [4.69, 9.17) is 0 Å². The maximum absolute atomic E-state index is 10.1. The van der Waals surface area contributed by atoms with Crippen LogP contribution < -0.4 is 0 Å². The summed E-state index contributed by atoms with van der Waals surface area (Å²) < 4.78 is 0. The van der Waals surface area contributed by atoms with Crippen molar-refractivity contribution in [3.05, 3.63) is 108 Å². The molecule has 1 heteroatoms. The Kier molecular flexibility index (Phi) is 3.06. The van der Waals surface area contributed by atoms with E-state index in [9.17, 15) is 5.26 Å². The van der Waals surface area contributed by atoms with E-state index >= 15 is 0 Å². The highest BCUT2D eigenvalue weighted by Gasteiger charge is 2.70. The van der Waals surface area contributed by atoms with E-state index in [1.165, 1.54) is 11.1 Å². The van der Waals surface area contributed by atoms with Gasteiger partial charge >= 0.3 is 0 Å². The smallest absolute Gasteiger partial charge is 0.0972 e. The number of hydrogen-bond acceptors (Lipinski definition) is 1. The quantitative estimate of drug-likeness (QED) is 0.678. The molecule has 110 valence electrons. The maximum atomic E-state index is 10.1. The van der Waals surface area contributed by atoms with E-state index in [-0.39, 0.29) is 5.41 Å². The van der Waals surface area contributed by atoms with Crippen LogP contribution in [0.15, 0.2) is 91.0 Å². The molecule has 0 saturated heterocycles. The van der Waals surface area contributed by atoms with Crippen molar-refractivity contribution < 1.29 is 0 Å². The van der Waals surface area contributed by atoms with Gasteiger partial charge in [0.1, 0.15) is 0 Å². The molecule has 23 heavy (non-hydrogen) atoms. The second-order valence-electron chi connectivity index (χ2n) is 6.20. The van der Waals surface area contributed by atoms with Gasteiger partial charge in [0.2, 0.25) is 0 Å². The van der Waals surface area contributed by atoms with Crippen molar-refractivity contribution >= 4 is 0 Å². The monoisotopic (exact) mass is 295 g/mol. The number of benzene rings is 3. The molecule has 1 atom stereocenters. The van der Waals surface area contributed by atoms with Gasteiger partial charge in [-0.05, 0) is 23.1 Å². The fraction of sp³-hybridized carbons (Fsp3) is 0.136. The lowest BCUT2D eigenvalue weighted by atomic mass is 9.78. The van der Waals surface area contributed by atoms with Crippen molar-refractivity contribution in [1.29, 1.82) is 5.26 Å². The minimum atomic E-state index is -0.489. The van der Waals surface area contributed by atoms with Crippen molar-refractivity contribution in [2.75, 3.05) is 0 Å². The summed E-state index contributed by atoms with van der Waals surface area (Å²) >= 11 is 0. The predicted octanol–water partition coefficient (Wildman–Crippen LogP) is 4.84. The van der Waals surface area contributed by atoms with E-state index in [2.05, 4.69) is 66.7 Å². The summed E-state index contributed by atoms with van der Waals surface area (Å²) in [5.41, 5.74) is 2.80. The summed E-state index contributed by atoms with van der Waals surface area (Å²) in [5, 5.41) is 10.1. The van der Waals surface area contributed by atoms with E-state index in [1.807, 2.05) is 30.3 Å². The molecule has 0 aromatic heterocycles. The molecule has 1 fully saturated rings. The van der Waals surface area contributed by atoms with Gasteiger partial charge < -0.3 is 0 Å². The Morgan fingerprint density at radius 3 is 1.39 bits per heavy atom. The standard InChI is InChI=1S/C22H17N/c23-17-21(18-10-4-1-5-11-18)16-22(21,19-12-6-2-7-13-19)20-14-8-3-9-15-20/h1-15H,16H2/t21-/m1/s1. The zero-order valence-corrected chi connectivity index (χ0v) is 12.8. The molecule has 0 aliphatic heterocycles. The topological polar surface area (TPSA) is 23.8 Å². The lowest BCUT2D eigenvalue weighted by molar-refractivity contribution is 0.721. The predicted molar refractivity (Wildman–Crippen MR) is 92.0 cm³/mol. The zero-order valence-electron chi connectivity index (χ0n) is 12.8. The number of rotatable bonds is 3. The number of hydrogen-bond donors (Lipinski definition) is 0. The Morgan fingerprint density at radius 1 is 0.609 bits per heavy atom. The Hall–Kier alpha value is -2.85. The summed E-state index contributed by atoms with van der Waals surface area (Å²) in [6.45, 7) is 0. The van der Waals surface area contributed by atoms with Crippen molar-refractivity contribution in [2.45, 2.75) is 17.3 Å². The fourth-order valence-corrected chi connectivity index (χ4v) is 3.93. The molecule has 0 unspecified atom stereocenters. The molecule has 1 saturated carbocycles. The molecule has 0 spiro atoms. The Morgan fingerprint density at radius 2 is 1.00 bits per heavy atom. The Labute approximate surface area is 136 Å². The SMILES string of the molecule is N#C[C@@]1(c2ccccc2)CC1(c1ccccc1)c1ccccc1. The van der Waals surface area contributed by atoms with Crippen LogP contribution in [-0.4, -0.2) is 0 Å². The first-order chi connectivity index (χ1) is 11.3. The normalized spacial score (nSPS) is 21.3.